The Morgan fingerprint density at radius 1 is 1.06 bits per heavy atom. The second-order valence-electron chi connectivity index (χ2n) is 7.18. The monoisotopic (exact) mass is 431 g/mol. The van der Waals surface area contributed by atoms with Gasteiger partial charge >= 0.3 is 5.97 Å². The normalized spacial score (nSPS) is 10.7. The van der Waals surface area contributed by atoms with Crippen LogP contribution in [0.4, 0.5) is 5.82 Å². The standard InChI is InChI=1S/C23H21N5O4/c1-14-15(2)25-22(24-14)16-8-10-17(11-9-16)23(31)32-13-20(29)26-19-12-21(30)28(27-19)18-6-4-3-5-7-18/h3-12,27H,13H2,1-2H3,(H,24,25)(H,26,29). The molecule has 2 heterocycles. The molecule has 0 unspecified atom stereocenters. The summed E-state index contributed by atoms with van der Waals surface area (Å²) in [6.45, 7) is 3.36. The number of nitrogens with zero attached hydrogens (tertiary/aromatic N) is 2. The predicted octanol–water partition coefficient (Wildman–Crippen LogP) is 2.97. The lowest BCUT2D eigenvalue weighted by molar-refractivity contribution is -0.119. The van der Waals surface area contributed by atoms with E-state index in [1.54, 1.807) is 48.5 Å². The number of imidazole rings is 1. The molecule has 32 heavy (non-hydrogen) atoms. The molecule has 3 N–H and O–H groups in total. The van der Waals surface area contributed by atoms with E-state index in [9.17, 15) is 14.4 Å². The Labute approximate surface area is 183 Å². The molecule has 0 spiro atoms. The lowest BCUT2D eigenvalue weighted by Crippen LogP contribution is -2.21. The van der Waals surface area contributed by atoms with Gasteiger partial charge in [-0.2, -0.15) is 0 Å². The SMILES string of the molecule is Cc1nc(-c2ccc(C(=O)OCC(=O)Nc3cc(=O)n(-c4ccccc4)[nH]3)cc2)[nH]c1C. The van der Waals surface area contributed by atoms with Gasteiger partial charge in [0, 0.05) is 17.3 Å². The van der Waals surface area contributed by atoms with E-state index in [-0.39, 0.29) is 11.4 Å². The first-order valence-corrected chi connectivity index (χ1v) is 9.89. The minimum Gasteiger partial charge on any atom is -0.452 e. The van der Waals surface area contributed by atoms with Crippen molar-refractivity contribution in [3.63, 3.8) is 0 Å². The van der Waals surface area contributed by atoms with E-state index < -0.39 is 18.5 Å². The number of aromatic nitrogens is 4. The van der Waals surface area contributed by atoms with Crippen molar-refractivity contribution in [3.05, 3.63) is 88.0 Å². The zero-order chi connectivity index (χ0) is 22.7. The average Bonchev–Trinajstić information content (AvgIpc) is 3.33. The predicted molar refractivity (Wildman–Crippen MR) is 119 cm³/mol. The number of para-hydroxylation sites is 1. The largest absolute Gasteiger partial charge is 0.452 e. The maximum atomic E-state index is 12.3. The lowest BCUT2D eigenvalue weighted by atomic mass is 10.1. The summed E-state index contributed by atoms with van der Waals surface area (Å²) in [6, 6.07) is 16.9. The van der Waals surface area contributed by atoms with Crippen LogP contribution in [0.25, 0.3) is 17.1 Å². The highest BCUT2D eigenvalue weighted by Crippen LogP contribution is 2.18. The Morgan fingerprint density at radius 2 is 1.78 bits per heavy atom. The summed E-state index contributed by atoms with van der Waals surface area (Å²) in [6.07, 6.45) is 0. The van der Waals surface area contributed by atoms with Crippen molar-refractivity contribution < 1.29 is 14.3 Å². The van der Waals surface area contributed by atoms with Crippen molar-refractivity contribution in [2.45, 2.75) is 13.8 Å². The first-order chi connectivity index (χ1) is 15.4. The van der Waals surface area contributed by atoms with E-state index in [0.29, 0.717) is 11.3 Å². The molecular formula is C23H21N5O4. The Kier molecular flexibility index (Phi) is 5.71. The molecule has 0 aliphatic rings. The van der Waals surface area contributed by atoms with Crippen LogP contribution in [0.3, 0.4) is 0 Å². The molecule has 0 fully saturated rings. The van der Waals surface area contributed by atoms with Gasteiger partial charge in [0.25, 0.3) is 11.5 Å². The third-order valence-electron chi connectivity index (χ3n) is 4.87. The minimum atomic E-state index is -0.631. The number of rotatable bonds is 6. The fourth-order valence-electron chi connectivity index (χ4n) is 3.08. The third-order valence-corrected chi connectivity index (χ3v) is 4.87. The molecule has 162 valence electrons. The molecule has 0 atom stereocenters. The van der Waals surface area contributed by atoms with Crippen molar-refractivity contribution >= 4 is 17.7 Å². The third kappa shape index (κ3) is 4.51. The second kappa shape index (κ2) is 8.76. The van der Waals surface area contributed by atoms with Crippen LogP contribution in [-0.4, -0.2) is 38.2 Å². The molecule has 1 amide bonds. The summed E-state index contributed by atoms with van der Waals surface area (Å²) < 4.78 is 6.38. The number of hydrogen-bond acceptors (Lipinski definition) is 5. The highest BCUT2D eigenvalue weighted by molar-refractivity contribution is 5.95. The average molecular weight is 431 g/mol. The highest BCUT2D eigenvalue weighted by atomic mass is 16.5. The van der Waals surface area contributed by atoms with E-state index in [0.717, 1.165) is 22.8 Å². The van der Waals surface area contributed by atoms with Crippen LogP contribution < -0.4 is 10.9 Å². The van der Waals surface area contributed by atoms with Gasteiger partial charge in [-0.25, -0.2) is 14.5 Å². The van der Waals surface area contributed by atoms with Crippen LogP contribution in [0, 0.1) is 13.8 Å². The van der Waals surface area contributed by atoms with Crippen molar-refractivity contribution in [3.8, 4) is 17.1 Å². The fraction of sp³-hybridized carbons (Fsp3) is 0.130. The van der Waals surface area contributed by atoms with E-state index in [1.807, 2.05) is 19.9 Å². The molecule has 2 aromatic heterocycles. The molecule has 0 bridgehead atoms. The van der Waals surface area contributed by atoms with Gasteiger partial charge in [0.05, 0.1) is 16.9 Å². The number of aryl methyl sites for hydroxylation is 2. The molecule has 0 saturated carbocycles. The molecule has 2 aromatic carbocycles. The quantitative estimate of drug-likeness (QED) is 0.405. The summed E-state index contributed by atoms with van der Waals surface area (Å²) >= 11 is 0. The van der Waals surface area contributed by atoms with Crippen LogP contribution in [0.5, 0.6) is 0 Å². The van der Waals surface area contributed by atoms with Gasteiger partial charge in [-0.1, -0.05) is 30.3 Å². The van der Waals surface area contributed by atoms with Crippen molar-refractivity contribution in [1.82, 2.24) is 19.7 Å². The van der Waals surface area contributed by atoms with Crippen LogP contribution in [0.1, 0.15) is 21.7 Å². The maximum absolute atomic E-state index is 12.3. The molecule has 0 saturated heterocycles. The molecule has 0 aliphatic carbocycles. The van der Waals surface area contributed by atoms with Gasteiger partial charge in [0.1, 0.15) is 11.6 Å². The molecule has 4 aromatic rings. The second-order valence-corrected chi connectivity index (χ2v) is 7.18. The van der Waals surface area contributed by atoms with Gasteiger partial charge in [0.2, 0.25) is 0 Å². The zero-order valence-corrected chi connectivity index (χ0v) is 17.5. The molecule has 0 aliphatic heterocycles. The van der Waals surface area contributed by atoms with Gasteiger partial charge in [0.15, 0.2) is 6.61 Å². The minimum absolute atomic E-state index is 0.202. The number of H-pyrrole nitrogens is 2. The molecular weight excluding hydrogens is 410 g/mol. The molecule has 9 heteroatoms. The molecule has 0 radical (unpaired) electrons. The summed E-state index contributed by atoms with van der Waals surface area (Å²) in [5, 5.41) is 5.31. The van der Waals surface area contributed by atoms with Gasteiger partial charge < -0.3 is 15.0 Å². The van der Waals surface area contributed by atoms with Crippen LogP contribution >= 0.6 is 0 Å². The molecule has 4 rings (SSSR count). The number of hydrogen-bond donors (Lipinski definition) is 3. The fourth-order valence-corrected chi connectivity index (χ4v) is 3.08. The topological polar surface area (TPSA) is 122 Å². The van der Waals surface area contributed by atoms with E-state index in [4.69, 9.17) is 4.74 Å². The Balaban J connectivity index is 1.34. The number of ether oxygens (including phenoxy) is 1. The van der Waals surface area contributed by atoms with E-state index in [2.05, 4.69) is 20.4 Å². The van der Waals surface area contributed by atoms with Gasteiger partial charge in [-0.05, 0) is 38.1 Å². The first-order valence-electron chi connectivity index (χ1n) is 9.89. The summed E-state index contributed by atoms with van der Waals surface area (Å²) in [5.74, 6) is -0.282. The van der Waals surface area contributed by atoms with Gasteiger partial charge in [-0.15, -0.1) is 0 Å². The van der Waals surface area contributed by atoms with Crippen molar-refractivity contribution in [2.24, 2.45) is 0 Å². The van der Waals surface area contributed by atoms with Crippen molar-refractivity contribution in [2.75, 3.05) is 11.9 Å². The number of carbonyl (C=O) groups excluding carboxylic acids is 2. The number of esters is 1. The summed E-state index contributed by atoms with van der Waals surface area (Å²) in [5.41, 5.74) is 3.34. The van der Waals surface area contributed by atoms with Gasteiger partial charge in [-0.3, -0.25) is 14.7 Å². The summed E-state index contributed by atoms with van der Waals surface area (Å²) in [4.78, 5) is 44.1. The Hall–Kier alpha value is -4.40. The number of nitrogens with one attached hydrogen (secondary N) is 3. The maximum Gasteiger partial charge on any atom is 0.338 e. The number of amides is 1. The Bertz CT molecular complexity index is 1300. The zero-order valence-electron chi connectivity index (χ0n) is 17.5. The highest BCUT2D eigenvalue weighted by Gasteiger charge is 2.13. The first kappa shape index (κ1) is 20.9. The number of carbonyl (C=O) groups is 2. The van der Waals surface area contributed by atoms with Crippen LogP contribution in [-0.2, 0) is 9.53 Å². The van der Waals surface area contributed by atoms with Crippen molar-refractivity contribution in [1.29, 1.82) is 0 Å². The van der Waals surface area contributed by atoms with E-state index >= 15 is 0 Å². The summed E-state index contributed by atoms with van der Waals surface area (Å²) in [7, 11) is 0. The number of anilines is 1. The molecule has 9 nitrogen and oxygen atoms in total. The number of benzene rings is 2. The Morgan fingerprint density at radius 3 is 2.44 bits per heavy atom. The lowest BCUT2D eigenvalue weighted by Gasteiger charge is -2.06. The van der Waals surface area contributed by atoms with Crippen LogP contribution in [0.15, 0.2) is 65.5 Å². The van der Waals surface area contributed by atoms with Crippen LogP contribution in [0.2, 0.25) is 0 Å². The smallest absolute Gasteiger partial charge is 0.338 e. The number of aromatic amines is 2. The van der Waals surface area contributed by atoms with E-state index in [1.165, 1.54) is 10.7 Å².